The van der Waals surface area contributed by atoms with Gasteiger partial charge in [-0.05, 0) is 24.7 Å². The summed E-state index contributed by atoms with van der Waals surface area (Å²) >= 11 is 0. The van der Waals surface area contributed by atoms with Crippen LogP contribution >= 0.6 is 0 Å². The Hall–Kier alpha value is -1.45. The summed E-state index contributed by atoms with van der Waals surface area (Å²) in [5.74, 6) is 0. The maximum atomic E-state index is 8.87. The molecular weight excluding hydrogens is 268 g/mol. The van der Waals surface area contributed by atoms with Gasteiger partial charge in [-0.25, -0.2) is 0 Å². The number of hydrogen-bond donors (Lipinski definition) is 0. The van der Waals surface area contributed by atoms with Crippen molar-refractivity contribution in [3.8, 4) is 6.07 Å². The van der Waals surface area contributed by atoms with Crippen molar-refractivity contribution in [2.75, 3.05) is 53.7 Å². The van der Waals surface area contributed by atoms with E-state index in [1.807, 2.05) is 31.3 Å². The second kappa shape index (κ2) is 11.2. The lowest BCUT2D eigenvalue weighted by Crippen LogP contribution is -2.23. The maximum Gasteiger partial charge on any atom is 0.0991 e. The fourth-order valence-corrected chi connectivity index (χ4v) is 1.81. The largest absolute Gasteiger partial charge is 0.382 e. The van der Waals surface area contributed by atoms with Crippen molar-refractivity contribution in [2.45, 2.75) is 6.54 Å². The molecule has 0 fully saturated rings. The van der Waals surface area contributed by atoms with Crippen LogP contribution < -0.4 is 0 Å². The quantitative estimate of drug-likeness (QED) is 0.581. The van der Waals surface area contributed by atoms with Crippen LogP contribution in [0.1, 0.15) is 11.1 Å². The summed E-state index contributed by atoms with van der Waals surface area (Å²) in [6, 6.07) is 9.83. The van der Waals surface area contributed by atoms with Crippen molar-refractivity contribution in [2.24, 2.45) is 0 Å². The van der Waals surface area contributed by atoms with Crippen LogP contribution in [0, 0.1) is 11.3 Å². The Kier molecular flexibility index (Phi) is 9.42. The molecule has 0 unspecified atom stereocenters. The standard InChI is InChI=1S/C16H24N2O3/c1-18(6-7-20-10-11-21-9-8-19-2)14-16-5-3-4-15(12-16)13-17/h3-5,12H,6-11,14H2,1-2H3. The first kappa shape index (κ1) is 17.6. The predicted octanol–water partition coefficient (Wildman–Crippen LogP) is 1.67. The van der Waals surface area contributed by atoms with E-state index < -0.39 is 0 Å². The number of ether oxygens (including phenoxy) is 3. The van der Waals surface area contributed by atoms with Gasteiger partial charge in [-0.3, -0.25) is 4.90 Å². The molecule has 0 heterocycles. The lowest BCUT2D eigenvalue weighted by Gasteiger charge is -2.16. The molecule has 0 spiro atoms. The third-order valence-electron chi connectivity index (χ3n) is 2.93. The van der Waals surface area contributed by atoms with Crippen LogP contribution in [0.3, 0.4) is 0 Å². The number of nitrogens with zero attached hydrogens (tertiary/aromatic N) is 2. The summed E-state index contributed by atoms with van der Waals surface area (Å²) in [5.41, 5.74) is 1.84. The van der Waals surface area contributed by atoms with Gasteiger partial charge in [-0.1, -0.05) is 12.1 Å². The molecule has 0 N–H and O–H groups in total. The molecule has 0 aliphatic rings. The topological polar surface area (TPSA) is 54.7 Å². The van der Waals surface area contributed by atoms with Gasteiger partial charge in [-0.2, -0.15) is 5.26 Å². The molecule has 1 aromatic rings. The van der Waals surface area contributed by atoms with E-state index in [1.165, 1.54) is 0 Å². The molecule has 0 bridgehead atoms. The minimum Gasteiger partial charge on any atom is -0.382 e. The smallest absolute Gasteiger partial charge is 0.0991 e. The number of rotatable bonds is 11. The summed E-state index contributed by atoms with van der Waals surface area (Å²) in [6.45, 7) is 4.73. The highest BCUT2D eigenvalue weighted by Gasteiger charge is 2.01. The average Bonchev–Trinajstić information content (AvgIpc) is 2.50. The third kappa shape index (κ3) is 8.43. The van der Waals surface area contributed by atoms with Gasteiger partial charge in [-0.15, -0.1) is 0 Å². The Morgan fingerprint density at radius 1 is 1.10 bits per heavy atom. The number of hydrogen-bond acceptors (Lipinski definition) is 5. The predicted molar refractivity (Wildman–Crippen MR) is 81.0 cm³/mol. The lowest BCUT2D eigenvalue weighted by molar-refractivity contribution is 0.0205. The van der Waals surface area contributed by atoms with Crippen molar-refractivity contribution in [1.82, 2.24) is 4.90 Å². The normalized spacial score (nSPS) is 10.8. The van der Waals surface area contributed by atoms with Crippen LogP contribution in [0.15, 0.2) is 24.3 Å². The number of methoxy groups -OCH3 is 1. The van der Waals surface area contributed by atoms with E-state index in [2.05, 4.69) is 11.0 Å². The molecule has 1 aromatic carbocycles. The zero-order valence-corrected chi connectivity index (χ0v) is 12.9. The third-order valence-corrected chi connectivity index (χ3v) is 2.93. The van der Waals surface area contributed by atoms with Crippen LogP contribution in [-0.4, -0.2) is 58.6 Å². The highest BCUT2D eigenvalue weighted by molar-refractivity contribution is 5.32. The van der Waals surface area contributed by atoms with Gasteiger partial charge >= 0.3 is 0 Å². The monoisotopic (exact) mass is 292 g/mol. The van der Waals surface area contributed by atoms with Crippen LogP contribution in [0.4, 0.5) is 0 Å². The number of benzene rings is 1. The van der Waals surface area contributed by atoms with Crippen molar-refractivity contribution in [3.63, 3.8) is 0 Å². The van der Waals surface area contributed by atoms with Crippen LogP contribution in [0.5, 0.6) is 0 Å². The molecular formula is C16H24N2O3. The van der Waals surface area contributed by atoms with E-state index in [4.69, 9.17) is 19.5 Å². The van der Waals surface area contributed by atoms with E-state index in [0.29, 0.717) is 38.6 Å². The van der Waals surface area contributed by atoms with Crippen LogP contribution in [0.25, 0.3) is 0 Å². The summed E-state index contributed by atoms with van der Waals surface area (Å²) in [6.07, 6.45) is 0. The van der Waals surface area contributed by atoms with Crippen LogP contribution in [-0.2, 0) is 20.8 Å². The summed E-state index contributed by atoms with van der Waals surface area (Å²) in [5, 5.41) is 8.87. The van der Waals surface area contributed by atoms with Crippen molar-refractivity contribution >= 4 is 0 Å². The van der Waals surface area contributed by atoms with Gasteiger partial charge in [0.25, 0.3) is 0 Å². The molecule has 0 radical (unpaired) electrons. The van der Waals surface area contributed by atoms with Crippen molar-refractivity contribution < 1.29 is 14.2 Å². The Labute approximate surface area is 127 Å². The highest BCUT2D eigenvalue weighted by Crippen LogP contribution is 2.06. The molecule has 0 aliphatic heterocycles. The number of nitriles is 1. The van der Waals surface area contributed by atoms with Gasteiger partial charge < -0.3 is 14.2 Å². The molecule has 21 heavy (non-hydrogen) atoms. The minimum absolute atomic E-state index is 0.595. The molecule has 0 amide bonds. The molecule has 5 nitrogen and oxygen atoms in total. The van der Waals surface area contributed by atoms with Gasteiger partial charge in [0.15, 0.2) is 0 Å². The van der Waals surface area contributed by atoms with E-state index >= 15 is 0 Å². The first-order valence-electron chi connectivity index (χ1n) is 7.08. The molecule has 0 saturated heterocycles. The summed E-state index contributed by atoms with van der Waals surface area (Å²) in [4.78, 5) is 2.17. The lowest BCUT2D eigenvalue weighted by atomic mass is 10.1. The molecule has 0 atom stereocenters. The van der Waals surface area contributed by atoms with Crippen molar-refractivity contribution in [3.05, 3.63) is 35.4 Å². The van der Waals surface area contributed by atoms with E-state index in [1.54, 1.807) is 7.11 Å². The summed E-state index contributed by atoms with van der Waals surface area (Å²) < 4.78 is 15.7. The second-order valence-corrected chi connectivity index (χ2v) is 4.77. The minimum atomic E-state index is 0.595. The maximum absolute atomic E-state index is 8.87. The van der Waals surface area contributed by atoms with E-state index in [9.17, 15) is 0 Å². The number of likely N-dealkylation sites (N-methyl/N-ethyl adjacent to an activating group) is 1. The SMILES string of the molecule is COCCOCCOCCN(C)Cc1cccc(C#N)c1. The van der Waals surface area contributed by atoms with Gasteiger partial charge in [0.2, 0.25) is 0 Å². The molecule has 116 valence electrons. The molecule has 0 saturated carbocycles. The van der Waals surface area contributed by atoms with E-state index in [0.717, 1.165) is 18.7 Å². The molecule has 5 heteroatoms. The average molecular weight is 292 g/mol. The van der Waals surface area contributed by atoms with Gasteiger partial charge in [0, 0.05) is 20.2 Å². The Balaban J connectivity index is 2.08. The molecule has 0 aliphatic carbocycles. The zero-order chi connectivity index (χ0) is 15.3. The zero-order valence-electron chi connectivity index (χ0n) is 12.9. The first-order valence-corrected chi connectivity index (χ1v) is 7.08. The van der Waals surface area contributed by atoms with Crippen molar-refractivity contribution in [1.29, 1.82) is 5.26 Å². The molecule has 1 rings (SSSR count). The Morgan fingerprint density at radius 2 is 1.81 bits per heavy atom. The highest BCUT2D eigenvalue weighted by atomic mass is 16.5. The molecule has 0 aromatic heterocycles. The fourth-order valence-electron chi connectivity index (χ4n) is 1.81. The van der Waals surface area contributed by atoms with Crippen LogP contribution in [0.2, 0.25) is 0 Å². The Bertz CT molecular complexity index is 432. The first-order chi connectivity index (χ1) is 10.3. The summed E-state index contributed by atoms with van der Waals surface area (Å²) in [7, 11) is 3.69. The second-order valence-electron chi connectivity index (χ2n) is 4.77. The Morgan fingerprint density at radius 3 is 2.52 bits per heavy atom. The van der Waals surface area contributed by atoms with Gasteiger partial charge in [0.05, 0.1) is 44.7 Å². The fraction of sp³-hybridized carbons (Fsp3) is 0.562. The van der Waals surface area contributed by atoms with E-state index in [-0.39, 0.29) is 0 Å². The van der Waals surface area contributed by atoms with Gasteiger partial charge in [0.1, 0.15) is 0 Å².